The smallest absolute Gasteiger partial charge is 0.255 e. The number of benzene rings is 2. The lowest BCUT2D eigenvalue weighted by atomic mass is 9.95. The molecule has 1 aliphatic rings. The van der Waals surface area contributed by atoms with E-state index in [0.717, 1.165) is 0 Å². The number of hydrogen-bond acceptors (Lipinski definition) is 4. The van der Waals surface area contributed by atoms with Gasteiger partial charge < -0.3 is 25.4 Å². The number of rotatable bonds is 5. The van der Waals surface area contributed by atoms with Crippen molar-refractivity contribution in [2.75, 3.05) is 19.5 Å². The summed E-state index contributed by atoms with van der Waals surface area (Å²) >= 11 is 5.21. The maximum absolute atomic E-state index is 13.7. The van der Waals surface area contributed by atoms with Crippen LogP contribution in [-0.2, 0) is 4.79 Å². The minimum absolute atomic E-state index is 0.363. The van der Waals surface area contributed by atoms with Crippen LogP contribution in [0.2, 0.25) is 0 Å². The number of anilines is 1. The van der Waals surface area contributed by atoms with Crippen LogP contribution in [0.1, 0.15) is 18.5 Å². The summed E-state index contributed by atoms with van der Waals surface area (Å²) in [5, 5.41) is 9.20. The number of ether oxygens (including phenoxy) is 2. The van der Waals surface area contributed by atoms with Crippen molar-refractivity contribution in [1.29, 1.82) is 0 Å². The van der Waals surface area contributed by atoms with Gasteiger partial charge in [-0.15, -0.1) is 0 Å². The van der Waals surface area contributed by atoms with E-state index in [2.05, 4.69) is 16.0 Å². The number of methoxy groups -OCH3 is 2. The molecule has 3 N–H and O–H groups in total. The Morgan fingerprint density at radius 3 is 2.64 bits per heavy atom. The van der Waals surface area contributed by atoms with Crippen molar-refractivity contribution in [2.45, 2.75) is 13.0 Å². The first-order valence-electron chi connectivity index (χ1n) is 8.50. The zero-order valence-corrected chi connectivity index (χ0v) is 16.4. The highest BCUT2D eigenvalue weighted by atomic mass is 32.1. The molecule has 0 fully saturated rings. The van der Waals surface area contributed by atoms with Crippen LogP contribution in [0.5, 0.6) is 11.5 Å². The molecule has 0 spiro atoms. The largest absolute Gasteiger partial charge is 0.497 e. The monoisotopic (exact) mass is 401 g/mol. The van der Waals surface area contributed by atoms with Gasteiger partial charge in [0.2, 0.25) is 0 Å². The second-order valence-electron chi connectivity index (χ2n) is 6.15. The predicted octanol–water partition coefficient (Wildman–Crippen LogP) is 3.27. The van der Waals surface area contributed by atoms with E-state index in [9.17, 15) is 9.18 Å². The molecule has 8 heteroatoms. The Morgan fingerprint density at radius 1 is 1.18 bits per heavy atom. The highest BCUT2D eigenvalue weighted by Gasteiger charge is 2.30. The van der Waals surface area contributed by atoms with Gasteiger partial charge in [-0.1, -0.05) is 12.1 Å². The second kappa shape index (κ2) is 8.26. The van der Waals surface area contributed by atoms with Crippen LogP contribution >= 0.6 is 12.2 Å². The number of carbonyl (C=O) groups excluding carboxylic acids is 1. The quantitative estimate of drug-likeness (QED) is 0.668. The third-order valence-corrected chi connectivity index (χ3v) is 4.57. The molecule has 0 saturated heterocycles. The molecule has 0 bridgehead atoms. The summed E-state index contributed by atoms with van der Waals surface area (Å²) in [7, 11) is 3.06. The molecule has 0 aliphatic carbocycles. The van der Waals surface area contributed by atoms with Crippen molar-refractivity contribution >= 4 is 28.9 Å². The van der Waals surface area contributed by atoms with Crippen LogP contribution in [0.4, 0.5) is 10.1 Å². The summed E-state index contributed by atoms with van der Waals surface area (Å²) in [5.74, 6) is 0.311. The average Bonchev–Trinajstić information content (AvgIpc) is 2.67. The molecule has 1 atom stereocenters. The first-order chi connectivity index (χ1) is 13.4. The molecule has 2 aromatic rings. The van der Waals surface area contributed by atoms with Gasteiger partial charge in [-0.2, -0.15) is 0 Å². The molecule has 0 unspecified atom stereocenters. The first kappa shape index (κ1) is 19.6. The molecular weight excluding hydrogens is 381 g/mol. The Hall–Kier alpha value is -3.13. The molecule has 0 saturated carbocycles. The minimum Gasteiger partial charge on any atom is -0.497 e. The topological polar surface area (TPSA) is 71.6 Å². The van der Waals surface area contributed by atoms with Gasteiger partial charge in [-0.3, -0.25) is 4.79 Å². The highest BCUT2D eigenvalue weighted by molar-refractivity contribution is 7.80. The molecule has 0 radical (unpaired) electrons. The maximum atomic E-state index is 13.7. The third kappa shape index (κ3) is 4.07. The van der Waals surface area contributed by atoms with Crippen molar-refractivity contribution in [1.82, 2.24) is 10.6 Å². The van der Waals surface area contributed by atoms with Gasteiger partial charge >= 0.3 is 0 Å². The standard InChI is InChI=1S/C20H20FN3O3S/c1-11-17(18(24-20(28)22-11)12-5-4-6-13(21)9-12)19(25)23-15-8-7-14(26-2)10-16(15)27-3/h4-10,18H,1-3H3,(H,23,25)(H2,22,24,28)/t18-/m0/s1. The summed E-state index contributed by atoms with van der Waals surface area (Å²) < 4.78 is 24.3. The predicted molar refractivity (Wildman–Crippen MR) is 109 cm³/mol. The summed E-state index contributed by atoms with van der Waals surface area (Å²) in [6, 6.07) is 10.5. The number of thiocarbonyl (C=S) groups is 1. The Kier molecular flexibility index (Phi) is 5.79. The van der Waals surface area contributed by atoms with E-state index in [1.54, 1.807) is 44.4 Å². The number of nitrogens with one attached hydrogen (secondary N) is 3. The average molecular weight is 401 g/mol. The third-order valence-electron chi connectivity index (χ3n) is 4.35. The van der Waals surface area contributed by atoms with Gasteiger partial charge in [0, 0.05) is 11.8 Å². The van der Waals surface area contributed by atoms with Crippen molar-refractivity contribution < 1.29 is 18.7 Å². The Morgan fingerprint density at radius 2 is 1.96 bits per heavy atom. The molecule has 6 nitrogen and oxygen atoms in total. The van der Waals surface area contributed by atoms with Crippen LogP contribution in [0, 0.1) is 5.82 Å². The number of amides is 1. The SMILES string of the molecule is COc1ccc(NC(=O)C2=C(C)NC(=S)N[C@H]2c2cccc(F)c2)c(OC)c1. The van der Waals surface area contributed by atoms with E-state index in [4.69, 9.17) is 21.7 Å². The van der Waals surface area contributed by atoms with Crippen molar-refractivity contribution in [3.63, 3.8) is 0 Å². The molecule has 2 aromatic carbocycles. The van der Waals surface area contributed by atoms with Gasteiger partial charge in [0.05, 0.1) is 31.5 Å². The summed E-state index contributed by atoms with van der Waals surface area (Å²) in [6.07, 6.45) is 0. The van der Waals surface area contributed by atoms with E-state index < -0.39 is 11.9 Å². The van der Waals surface area contributed by atoms with Gasteiger partial charge in [-0.25, -0.2) is 4.39 Å². The van der Waals surface area contributed by atoms with Crippen LogP contribution < -0.4 is 25.4 Å². The number of hydrogen-bond donors (Lipinski definition) is 3. The van der Waals surface area contributed by atoms with Crippen molar-refractivity contribution in [2.24, 2.45) is 0 Å². The maximum Gasteiger partial charge on any atom is 0.255 e. The van der Waals surface area contributed by atoms with Crippen LogP contribution in [0.25, 0.3) is 0 Å². The lowest BCUT2D eigenvalue weighted by Gasteiger charge is -2.30. The zero-order chi connectivity index (χ0) is 20.3. The van der Waals surface area contributed by atoms with Crippen LogP contribution in [0.3, 0.4) is 0 Å². The fraction of sp³-hybridized carbons (Fsp3) is 0.200. The zero-order valence-electron chi connectivity index (χ0n) is 15.6. The van der Waals surface area contributed by atoms with Gasteiger partial charge in [-0.05, 0) is 49.0 Å². The van der Waals surface area contributed by atoms with E-state index >= 15 is 0 Å². The Labute approximate surface area is 167 Å². The van der Waals surface area contributed by atoms with Crippen molar-refractivity contribution in [3.05, 3.63) is 65.1 Å². The molecular formula is C20H20FN3O3S. The van der Waals surface area contributed by atoms with E-state index in [0.29, 0.717) is 39.1 Å². The molecule has 1 heterocycles. The van der Waals surface area contributed by atoms with Crippen LogP contribution in [0.15, 0.2) is 53.7 Å². The molecule has 146 valence electrons. The Bertz CT molecular complexity index is 961. The first-order valence-corrected chi connectivity index (χ1v) is 8.91. The van der Waals surface area contributed by atoms with Crippen LogP contribution in [-0.4, -0.2) is 25.2 Å². The number of allylic oxidation sites excluding steroid dienone is 1. The van der Waals surface area contributed by atoms with Crippen molar-refractivity contribution in [3.8, 4) is 11.5 Å². The number of halogens is 1. The highest BCUT2D eigenvalue weighted by Crippen LogP contribution is 2.32. The number of carbonyl (C=O) groups is 1. The molecule has 0 aromatic heterocycles. The van der Waals surface area contributed by atoms with E-state index in [1.165, 1.54) is 19.2 Å². The van der Waals surface area contributed by atoms with E-state index in [-0.39, 0.29) is 5.91 Å². The summed E-state index contributed by atoms with van der Waals surface area (Å²) in [4.78, 5) is 13.1. The lowest BCUT2D eigenvalue weighted by molar-refractivity contribution is -0.113. The minimum atomic E-state index is -0.589. The Balaban J connectivity index is 1.96. The molecule has 1 amide bonds. The van der Waals surface area contributed by atoms with Gasteiger partial charge in [0.15, 0.2) is 5.11 Å². The fourth-order valence-electron chi connectivity index (χ4n) is 3.02. The molecule has 1 aliphatic heterocycles. The summed E-state index contributed by atoms with van der Waals surface area (Å²) in [5.41, 5.74) is 2.06. The van der Waals surface area contributed by atoms with E-state index in [1.807, 2.05) is 0 Å². The normalized spacial score (nSPS) is 16.1. The fourth-order valence-corrected chi connectivity index (χ4v) is 3.29. The van der Waals surface area contributed by atoms with Gasteiger partial charge in [0.1, 0.15) is 17.3 Å². The summed E-state index contributed by atoms with van der Waals surface area (Å²) in [6.45, 7) is 1.75. The molecule has 3 rings (SSSR count). The second-order valence-corrected chi connectivity index (χ2v) is 6.55. The van der Waals surface area contributed by atoms with Gasteiger partial charge in [0.25, 0.3) is 5.91 Å². The lowest BCUT2D eigenvalue weighted by Crippen LogP contribution is -2.45. The molecule has 28 heavy (non-hydrogen) atoms.